The van der Waals surface area contributed by atoms with E-state index in [0.717, 1.165) is 0 Å². The second-order valence-corrected chi connectivity index (χ2v) is 0. The Morgan fingerprint density at radius 2 is 0.182 bits per heavy atom. The molecule has 0 bridgehead atoms. The SMILES string of the molecule is [Al].[Al].[Al].[Al].[Al].[Al].[Al].[Al].[Al].[Co].[Co]. The van der Waals surface area contributed by atoms with Crippen LogP contribution in [0.5, 0.6) is 0 Å². The van der Waals surface area contributed by atoms with Crippen molar-refractivity contribution in [3.63, 3.8) is 0 Å². The zero-order valence-electron chi connectivity index (χ0n) is 5.86. The predicted molar refractivity (Wildman–Crippen MR) is 51.8 cm³/mol. The number of hydrogen-bond donors (Lipinski definition) is 0. The van der Waals surface area contributed by atoms with Gasteiger partial charge in [-0.2, -0.15) is 0 Å². The van der Waals surface area contributed by atoms with Crippen molar-refractivity contribution in [1.29, 1.82) is 0 Å². The molecule has 11 heteroatoms. The molecule has 0 amide bonds. The van der Waals surface area contributed by atoms with Crippen LogP contribution in [-0.4, -0.2) is 156 Å². The molecule has 0 unspecified atom stereocenters. The molecule has 0 aliphatic rings. The van der Waals surface area contributed by atoms with E-state index in [-0.39, 0.29) is 190 Å². The molecule has 0 saturated heterocycles. The Balaban J connectivity index is 0. The van der Waals surface area contributed by atoms with Gasteiger partial charge in [-0.05, 0) is 0 Å². The minimum Gasteiger partial charge on any atom is 0 e. The van der Waals surface area contributed by atoms with Gasteiger partial charge in [-0.15, -0.1) is 0 Å². The minimum absolute atomic E-state index is 0. The van der Waals surface area contributed by atoms with Crippen molar-refractivity contribution in [3.8, 4) is 0 Å². The van der Waals surface area contributed by atoms with Gasteiger partial charge in [0.05, 0.1) is 0 Å². The summed E-state index contributed by atoms with van der Waals surface area (Å²) < 4.78 is 0. The number of rotatable bonds is 0. The van der Waals surface area contributed by atoms with Gasteiger partial charge in [0.15, 0.2) is 0 Å². The first-order valence-corrected chi connectivity index (χ1v) is 0. The smallest absolute Gasteiger partial charge is 0 e. The van der Waals surface area contributed by atoms with E-state index >= 15 is 0 Å². The number of hydrogen-bond acceptors (Lipinski definition) is 0. The fraction of sp³-hybridized carbons (Fsp3) is 0. The summed E-state index contributed by atoms with van der Waals surface area (Å²) in [5.41, 5.74) is 0. The van der Waals surface area contributed by atoms with Gasteiger partial charge in [-0.25, -0.2) is 0 Å². The van der Waals surface area contributed by atoms with Crippen molar-refractivity contribution >= 4 is 156 Å². The molecule has 0 fully saturated rings. The first-order valence-electron chi connectivity index (χ1n) is 0. The zero-order valence-corrected chi connectivity index (χ0v) is 18.3. The van der Waals surface area contributed by atoms with Gasteiger partial charge in [0.2, 0.25) is 0 Å². The van der Waals surface area contributed by atoms with E-state index in [1.807, 2.05) is 0 Å². The van der Waals surface area contributed by atoms with Crippen LogP contribution in [0, 0.1) is 0 Å². The van der Waals surface area contributed by atoms with Crippen LogP contribution >= 0.6 is 0 Å². The van der Waals surface area contributed by atoms with Crippen molar-refractivity contribution < 1.29 is 33.6 Å². The first kappa shape index (κ1) is 125. The Labute approximate surface area is 186 Å². The van der Waals surface area contributed by atoms with Crippen LogP contribution in [0.2, 0.25) is 0 Å². The van der Waals surface area contributed by atoms with Gasteiger partial charge >= 0.3 is 0 Å². The van der Waals surface area contributed by atoms with Gasteiger partial charge in [0.1, 0.15) is 0 Å². The molecule has 0 aliphatic carbocycles. The van der Waals surface area contributed by atoms with Crippen LogP contribution in [0.1, 0.15) is 0 Å². The molecular formula is Al9Co2. The van der Waals surface area contributed by atoms with Gasteiger partial charge in [-0.3, -0.25) is 0 Å². The van der Waals surface area contributed by atoms with Gasteiger partial charge in [0, 0.05) is 190 Å². The summed E-state index contributed by atoms with van der Waals surface area (Å²) in [6.07, 6.45) is 0. The van der Waals surface area contributed by atoms with Crippen LogP contribution in [-0.2, 0) is 33.6 Å². The Morgan fingerprint density at radius 1 is 0.182 bits per heavy atom. The fourth-order valence-corrected chi connectivity index (χ4v) is 0. The summed E-state index contributed by atoms with van der Waals surface area (Å²) in [4.78, 5) is 0. The fourth-order valence-electron chi connectivity index (χ4n) is 0. The third-order valence-electron chi connectivity index (χ3n) is 0. The molecule has 11 heavy (non-hydrogen) atoms. The first-order chi connectivity index (χ1) is 0. The maximum Gasteiger partial charge on any atom is 0 e. The predicted octanol–water partition coefficient (Wildman–Crippen LogP) is -3.43. The minimum atomic E-state index is 0. The molecule has 0 saturated carbocycles. The van der Waals surface area contributed by atoms with E-state index in [1.54, 1.807) is 0 Å². The molecule has 45 valence electrons. The summed E-state index contributed by atoms with van der Waals surface area (Å²) in [7, 11) is 0. The van der Waals surface area contributed by atoms with Crippen molar-refractivity contribution in [1.82, 2.24) is 0 Å². The molecular weight excluding hydrogens is 361 g/mol. The topological polar surface area (TPSA) is 0 Å². The third-order valence-corrected chi connectivity index (χ3v) is 0. The molecule has 0 atom stereocenters. The molecule has 29 radical (unpaired) electrons. The Morgan fingerprint density at radius 3 is 0.182 bits per heavy atom. The molecule has 0 nitrogen and oxygen atoms in total. The molecule has 0 aromatic carbocycles. The van der Waals surface area contributed by atoms with Crippen molar-refractivity contribution in [2.24, 2.45) is 0 Å². The Bertz CT molecular complexity index is 7.52. The Kier molecular flexibility index (Phi) is 1160. The second-order valence-electron chi connectivity index (χ2n) is 0. The van der Waals surface area contributed by atoms with Crippen molar-refractivity contribution in [3.05, 3.63) is 0 Å². The maximum absolute atomic E-state index is 0. The van der Waals surface area contributed by atoms with Crippen LogP contribution in [0.3, 0.4) is 0 Å². The van der Waals surface area contributed by atoms with Crippen LogP contribution < -0.4 is 0 Å². The van der Waals surface area contributed by atoms with Crippen LogP contribution in [0.15, 0.2) is 0 Å². The Hall–Kier alpha value is 5.81. The largest absolute Gasteiger partial charge is 0 e. The van der Waals surface area contributed by atoms with E-state index in [1.165, 1.54) is 0 Å². The van der Waals surface area contributed by atoms with E-state index in [0.29, 0.717) is 0 Å². The monoisotopic (exact) mass is 361 g/mol. The summed E-state index contributed by atoms with van der Waals surface area (Å²) >= 11 is 0. The molecule has 0 aromatic rings. The molecule has 0 rings (SSSR count). The van der Waals surface area contributed by atoms with Crippen molar-refractivity contribution in [2.75, 3.05) is 0 Å². The van der Waals surface area contributed by atoms with Crippen LogP contribution in [0.4, 0.5) is 0 Å². The molecule has 0 N–H and O–H groups in total. The second kappa shape index (κ2) is 103. The van der Waals surface area contributed by atoms with E-state index < -0.39 is 0 Å². The maximum atomic E-state index is 0. The van der Waals surface area contributed by atoms with E-state index in [9.17, 15) is 0 Å². The summed E-state index contributed by atoms with van der Waals surface area (Å²) in [5, 5.41) is 0. The average Bonchev–Trinajstić information content (AvgIpc) is 0. The van der Waals surface area contributed by atoms with Gasteiger partial charge < -0.3 is 0 Å². The van der Waals surface area contributed by atoms with E-state index in [2.05, 4.69) is 0 Å². The summed E-state index contributed by atoms with van der Waals surface area (Å²) in [5.74, 6) is 0. The van der Waals surface area contributed by atoms with Gasteiger partial charge in [0.25, 0.3) is 0 Å². The summed E-state index contributed by atoms with van der Waals surface area (Å²) in [6.45, 7) is 0. The molecule has 0 heterocycles. The normalized spacial score (nSPS) is 0. The zero-order chi connectivity index (χ0) is 0. The third kappa shape index (κ3) is 89.4. The molecule has 0 spiro atoms. The molecule has 0 aliphatic heterocycles. The van der Waals surface area contributed by atoms with Crippen LogP contribution in [0.25, 0.3) is 0 Å². The van der Waals surface area contributed by atoms with Crippen molar-refractivity contribution in [2.45, 2.75) is 0 Å². The van der Waals surface area contributed by atoms with Gasteiger partial charge in [-0.1, -0.05) is 0 Å². The standard InChI is InChI=1S/9Al.2Co. The summed E-state index contributed by atoms with van der Waals surface area (Å²) in [6, 6.07) is 0. The average molecular weight is 361 g/mol. The molecule has 0 aromatic heterocycles. The quantitative estimate of drug-likeness (QED) is 0.395. The van der Waals surface area contributed by atoms with E-state index in [4.69, 9.17) is 0 Å².